The van der Waals surface area contributed by atoms with Gasteiger partial charge in [-0.15, -0.1) is 0 Å². The largest absolute Gasteiger partial charge is 0.397 e. The lowest BCUT2D eigenvalue weighted by molar-refractivity contribution is -0.117. The third kappa shape index (κ3) is 12.7. The molecule has 0 aromatic rings. The zero-order valence-corrected chi connectivity index (χ0v) is 7.54. The van der Waals surface area contributed by atoms with Gasteiger partial charge in [0.15, 0.2) is 0 Å². The van der Waals surface area contributed by atoms with Gasteiger partial charge in [-0.05, 0) is 20.3 Å². The summed E-state index contributed by atoms with van der Waals surface area (Å²) in [6, 6.07) is 0. The first-order valence-electron chi connectivity index (χ1n) is 3.94. The molecular formula is C8H18O3. The van der Waals surface area contributed by atoms with Crippen molar-refractivity contribution in [3.8, 4) is 0 Å². The van der Waals surface area contributed by atoms with E-state index in [2.05, 4.69) is 0 Å². The lowest BCUT2D eigenvalue weighted by Gasteiger charge is -2.04. The van der Waals surface area contributed by atoms with Crippen LogP contribution in [0.15, 0.2) is 0 Å². The Labute approximate surface area is 68.4 Å². The van der Waals surface area contributed by atoms with E-state index in [9.17, 15) is 4.79 Å². The van der Waals surface area contributed by atoms with Crippen LogP contribution < -0.4 is 0 Å². The average molecular weight is 162 g/mol. The average Bonchev–Trinajstić information content (AvgIpc) is 2.02. The molecular weight excluding hydrogens is 144 g/mol. The maximum absolute atomic E-state index is 10.0. The number of rotatable bonds is 4. The Morgan fingerprint density at radius 2 is 1.91 bits per heavy atom. The minimum Gasteiger partial charge on any atom is -0.397 e. The number of aldehydes is 1. The van der Waals surface area contributed by atoms with E-state index in [1.165, 1.54) is 0 Å². The van der Waals surface area contributed by atoms with Crippen molar-refractivity contribution in [2.75, 3.05) is 13.2 Å². The molecule has 0 rings (SSSR count). The van der Waals surface area contributed by atoms with Crippen LogP contribution in [0.5, 0.6) is 0 Å². The molecule has 3 heteroatoms. The summed E-state index contributed by atoms with van der Waals surface area (Å²) in [5, 5.41) is 7.57. The van der Waals surface area contributed by atoms with Crippen LogP contribution in [-0.4, -0.2) is 30.7 Å². The molecule has 0 heterocycles. The smallest absolute Gasteiger partial charge is 0.148 e. The van der Waals surface area contributed by atoms with Gasteiger partial charge in [-0.2, -0.15) is 0 Å². The fourth-order valence-electron chi connectivity index (χ4n) is 0.467. The Balaban J connectivity index is 0. The van der Waals surface area contributed by atoms with E-state index in [0.717, 1.165) is 12.7 Å². The number of hydrogen-bond acceptors (Lipinski definition) is 3. The van der Waals surface area contributed by atoms with E-state index in [1.54, 1.807) is 6.92 Å². The summed E-state index contributed by atoms with van der Waals surface area (Å²) in [4.78, 5) is 10.0. The summed E-state index contributed by atoms with van der Waals surface area (Å²) < 4.78 is 4.97. The minimum atomic E-state index is -0.181. The van der Waals surface area contributed by atoms with Gasteiger partial charge in [0.05, 0.1) is 0 Å². The second-order valence-corrected chi connectivity index (χ2v) is 1.85. The normalized spacial score (nSPS) is 11.3. The molecule has 1 N–H and O–H groups in total. The SMILES string of the molecule is CCO.CCOC(C=O)CC. The number of aliphatic hydroxyl groups excluding tert-OH is 1. The van der Waals surface area contributed by atoms with Crippen molar-refractivity contribution < 1.29 is 14.6 Å². The highest BCUT2D eigenvalue weighted by Crippen LogP contribution is 1.91. The van der Waals surface area contributed by atoms with Crippen LogP contribution in [0.25, 0.3) is 0 Å². The monoisotopic (exact) mass is 162 g/mol. The minimum absolute atomic E-state index is 0.181. The second kappa shape index (κ2) is 12.3. The fourth-order valence-corrected chi connectivity index (χ4v) is 0.467. The summed E-state index contributed by atoms with van der Waals surface area (Å²) >= 11 is 0. The van der Waals surface area contributed by atoms with Crippen LogP contribution in [0.4, 0.5) is 0 Å². The molecule has 0 bridgehead atoms. The predicted octanol–water partition coefficient (Wildman–Crippen LogP) is 0.999. The Morgan fingerprint density at radius 3 is 2.00 bits per heavy atom. The summed E-state index contributed by atoms with van der Waals surface area (Å²) in [6.45, 7) is 6.36. The van der Waals surface area contributed by atoms with Gasteiger partial charge in [0.25, 0.3) is 0 Å². The summed E-state index contributed by atoms with van der Waals surface area (Å²) in [5.41, 5.74) is 0. The van der Waals surface area contributed by atoms with Crippen molar-refractivity contribution in [3.05, 3.63) is 0 Å². The Bertz CT molecular complexity index is 73.7. The first-order chi connectivity index (χ1) is 5.26. The highest BCUT2D eigenvalue weighted by atomic mass is 16.5. The maximum Gasteiger partial charge on any atom is 0.148 e. The molecule has 68 valence electrons. The molecule has 0 fully saturated rings. The third-order valence-electron chi connectivity index (χ3n) is 0.935. The Morgan fingerprint density at radius 1 is 1.45 bits per heavy atom. The van der Waals surface area contributed by atoms with Gasteiger partial charge in [-0.3, -0.25) is 0 Å². The van der Waals surface area contributed by atoms with Gasteiger partial charge >= 0.3 is 0 Å². The van der Waals surface area contributed by atoms with Crippen molar-refractivity contribution in [2.24, 2.45) is 0 Å². The van der Waals surface area contributed by atoms with Crippen molar-refractivity contribution in [1.29, 1.82) is 0 Å². The molecule has 0 radical (unpaired) electrons. The first kappa shape index (κ1) is 13.2. The zero-order chi connectivity index (χ0) is 9.11. The summed E-state index contributed by atoms with van der Waals surface area (Å²) in [7, 11) is 0. The van der Waals surface area contributed by atoms with Crippen molar-refractivity contribution in [2.45, 2.75) is 33.3 Å². The molecule has 0 aliphatic heterocycles. The van der Waals surface area contributed by atoms with Crippen LogP contribution in [0.2, 0.25) is 0 Å². The van der Waals surface area contributed by atoms with E-state index in [-0.39, 0.29) is 12.7 Å². The van der Waals surface area contributed by atoms with Gasteiger partial charge in [-0.25, -0.2) is 0 Å². The van der Waals surface area contributed by atoms with E-state index < -0.39 is 0 Å². The van der Waals surface area contributed by atoms with Crippen molar-refractivity contribution in [1.82, 2.24) is 0 Å². The van der Waals surface area contributed by atoms with Crippen LogP contribution in [0.1, 0.15) is 27.2 Å². The van der Waals surface area contributed by atoms with E-state index in [4.69, 9.17) is 9.84 Å². The Kier molecular flexibility index (Phi) is 14.7. The van der Waals surface area contributed by atoms with Gasteiger partial charge in [0.1, 0.15) is 12.4 Å². The lowest BCUT2D eigenvalue weighted by atomic mass is 10.3. The number of ether oxygens (including phenoxy) is 1. The Hall–Kier alpha value is -0.410. The van der Waals surface area contributed by atoms with Crippen LogP contribution >= 0.6 is 0 Å². The quantitative estimate of drug-likeness (QED) is 0.627. The molecule has 0 amide bonds. The summed E-state index contributed by atoms with van der Waals surface area (Å²) in [5.74, 6) is 0. The maximum atomic E-state index is 10.0. The molecule has 1 unspecified atom stereocenters. The van der Waals surface area contributed by atoms with Crippen LogP contribution in [-0.2, 0) is 9.53 Å². The van der Waals surface area contributed by atoms with Crippen LogP contribution in [0.3, 0.4) is 0 Å². The van der Waals surface area contributed by atoms with Crippen LogP contribution in [0, 0.1) is 0 Å². The van der Waals surface area contributed by atoms with Crippen molar-refractivity contribution >= 4 is 6.29 Å². The first-order valence-corrected chi connectivity index (χ1v) is 3.94. The lowest BCUT2D eigenvalue weighted by Crippen LogP contribution is -2.12. The van der Waals surface area contributed by atoms with E-state index in [0.29, 0.717) is 6.61 Å². The molecule has 0 spiro atoms. The zero-order valence-electron chi connectivity index (χ0n) is 7.54. The molecule has 0 saturated heterocycles. The fraction of sp³-hybridized carbons (Fsp3) is 0.875. The molecule has 0 aromatic heterocycles. The van der Waals surface area contributed by atoms with Gasteiger partial charge in [-0.1, -0.05) is 6.92 Å². The number of aliphatic hydroxyl groups is 1. The second-order valence-electron chi connectivity index (χ2n) is 1.85. The van der Waals surface area contributed by atoms with Gasteiger partial charge in [0, 0.05) is 13.2 Å². The van der Waals surface area contributed by atoms with Crippen molar-refractivity contribution in [3.63, 3.8) is 0 Å². The summed E-state index contributed by atoms with van der Waals surface area (Å²) in [6.07, 6.45) is 1.43. The molecule has 0 aliphatic carbocycles. The van der Waals surface area contributed by atoms with Gasteiger partial charge < -0.3 is 14.6 Å². The molecule has 3 nitrogen and oxygen atoms in total. The van der Waals surface area contributed by atoms with E-state index >= 15 is 0 Å². The third-order valence-corrected chi connectivity index (χ3v) is 0.935. The standard InChI is InChI=1S/C6H12O2.C2H6O/c1-3-6(5-7)8-4-2;1-2-3/h5-6H,3-4H2,1-2H3;3H,2H2,1H3. The highest BCUT2D eigenvalue weighted by Gasteiger charge is 1.99. The number of hydrogen-bond donors (Lipinski definition) is 1. The molecule has 0 aromatic carbocycles. The predicted molar refractivity (Wildman–Crippen MR) is 44.5 cm³/mol. The molecule has 0 saturated carbocycles. The van der Waals surface area contributed by atoms with E-state index in [1.807, 2.05) is 13.8 Å². The topological polar surface area (TPSA) is 46.5 Å². The molecule has 1 atom stereocenters. The highest BCUT2D eigenvalue weighted by molar-refractivity contribution is 5.55. The number of carbonyl (C=O) groups excluding carboxylic acids is 1. The molecule has 0 aliphatic rings. The number of carbonyl (C=O) groups is 1. The molecule has 11 heavy (non-hydrogen) atoms. The van der Waals surface area contributed by atoms with Gasteiger partial charge in [0.2, 0.25) is 0 Å².